The molecule has 0 radical (unpaired) electrons. The first-order valence-electron chi connectivity index (χ1n) is 4.85. The standard InChI is InChI=1S/C11H19N/c1-8(2)10-5-6-12-7-11(10)9(3)4/h7-9H,5-6H2,1-4H3. The third-order valence-corrected chi connectivity index (χ3v) is 2.43. The van der Waals surface area contributed by atoms with Gasteiger partial charge in [0.05, 0.1) is 0 Å². The number of hydrogen-bond donors (Lipinski definition) is 0. The van der Waals surface area contributed by atoms with Crippen LogP contribution in [-0.4, -0.2) is 12.8 Å². The Morgan fingerprint density at radius 3 is 2.25 bits per heavy atom. The van der Waals surface area contributed by atoms with Crippen LogP contribution in [0.4, 0.5) is 0 Å². The van der Waals surface area contributed by atoms with Crippen molar-refractivity contribution in [1.82, 2.24) is 0 Å². The minimum absolute atomic E-state index is 0.631. The molecule has 0 fully saturated rings. The molecule has 1 aliphatic heterocycles. The van der Waals surface area contributed by atoms with Gasteiger partial charge in [0.2, 0.25) is 0 Å². The van der Waals surface area contributed by atoms with Crippen LogP contribution in [0.1, 0.15) is 34.1 Å². The van der Waals surface area contributed by atoms with Crippen LogP contribution in [0.2, 0.25) is 0 Å². The summed E-state index contributed by atoms with van der Waals surface area (Å²) in [6.07, 6.45) is 3.24. The lowest BCUT2D eigenvalue weighted by Crippen LogP contribution is -2.11. The first-order chi connectivity index (χ1) is 5.63. The summed E-state index contributed by atoms with van der Waals surface area (Å²) in [4.78, 5) is 4.33. The fraction of sp³-hybridized carbons (Fsp3) is 0.727. The van der Waals surface area contributed by atoms with Crippen molar-refractivity contribution >= 4 is 6.21 Å². The summed E-state index contributed by atoms with van der Waals surface area (Å²) >= 11 is 0. The van der Waals surface area contributed by atoms with E-state index in [0.29, 0.717) is 11.8 Å². The summed E-state index contributed by atoms with van der Waals surface area (Å²) in [5.74, 6) is 1.32. The van der Waals surface area contributed by atoms with E-state index >= 15 is 0 Å². The Labute approximate surface area is 75.6 Å². The van der Waals surface area contributed by atoms with Gasteiger partial charge in [-0.3, -0.25) is 4.99 Å². The molecule has 1 aliphatic rings. The first kappa shape index (κ1) is 9.50. The molecule has 0 aromatic heterocycles. The molecule has 0 saturated carbocycles. The highest BCUT2D eigenvalue weighted by Gasteiger charge is 2.14. The molecule has 0 aromatic carbocycles. The third kappa shape index (κ3) is 1.96. The maximum atomic E-state index is 4.33. The van der Waals surface area contributed by atoms with E-state index in [2.05, 4.69) is 38.9 Å². The molecule has 0 N–H and O–H groups in total. The van der Waals surface area contributed by atoms with Gasteiger partial charge in [-0.2, -0.15) is 0 Å². The van der Waals surface area contributed by atoms with Crippen molar-refractivity contribution < 1.29 is 0 Å². The molecular weight excluding hydrogens is 146 g/mol. The number of aliphatic imine (C=N–C) groups is 1. The van der Waals surface area contributed by atoms with Crippen molar-refractivity contribution in [3.05, 3.63) is 11.1 Å². The fourth-order valence-electron chi connectivity index (χ4n) is 1.72. The first-order valence-corrected chi connectivity index (χ1v) is 4.85. The van der Waals surface area contributed by atoms with Gasteiger partial charge < -0.3 is 0 Å². The second-order valence-electron chi connectivity index (χ2n) is 4.08. The second-order valence-corrected chi connectivity index (χ2v) is 4.08. The lowest BCUT2D eigenvalue weighted by atomic mass is 9.88. The Kier molecular flexibility index (Phi) is 3.07. The number of allylic oxidation sites excluding steroid dienone is 1. The lowest BCUT2D eigenvalue weighted by molar-refractivity contribution is 0.666. The van der Waals surface area contributed by atoms with Gasteiger partial charge in [-0.1, -0.05) is 33.3 Å². The Morgan fingerprint density at radius 2 is 1.83 bits per heavy atom. The van der Waals surface area contributed by atoms with E-state index in [4.69, 9.17) is 0 Å². The molecular formula is C11H19N. The monoisotopic (exact) mass is 165 g/mol. The Morgan fingerprint density at radius 1 is 1.17 bits per heavy atom. The predicted molar refractivity (Wildman–Crippen MR) is 54.7 cm³/mol. The quantitative estimate of drug-likeness (QED) is 0.596. The summed E-state index contributed by atoms with van der Waals surface area (Å²) in [6, 6.07) is 0. The van der Waals surface area contributed by atoms with Crippen molar-refractivity contribution in [1.29, 1.82) is 0 Å². The highest BCUT2D eigenvalue weighted by atomic mass is 14.7. The normalized spacial score (nSPS) is 18.2. The second kappa shape index (κ2) is 3.88. The van der Waals surface area contributed by atoms with Crippen LogP contribution in [0.5, 0.6) is 0 Å². The Hall–Kier alpha value is -0.590. The number of hydrogen-bond acceptors (Lipinski definition) is 1. The van der Waals surface area contributed by atoms with E-state index in [9.17, 15) is 0 Å². The van der Waals surface area contributed by atoms with Gasteiger partial charge >= 0.3 is 0 Å². The highest BCUT2D eigenvalue weighted by Crippen LogP contribution is 2.25. The fourth-order valence-corrected chi connectivity index (χ4v) is 1.72. The smallest absolute Gasteiger partial charge is 0.0426 e. The van der Waals surface area contributed by atoms with Crippen molar-refractivity contribution in [2.45, 2.75) is 34.1 Å². The van der Waals surface area contributed by atoms with Gasteiger partial charge in [0.25, 0.3) is 0 Å². The van der Waals surface area contributed by atoms with Gasteiger partial charge in [0.15, 0.2) is 0 Å². The van der Waals surface area contributed by atoms with E-state index in [1.165, 1.54) is 12.0 Å². The van der Waals surface area contributed by atoms with Crippen molar-refractivity contribution in [2.24, 2.45) is 16.8 Å². The molecule has 0 unspecified atom stereocenters. The predicted octanol–water partition coefficient (Wildman–Crippen LogP) is 3.07. The Bertz CT molecular complexity index is 209. The van der Waals surface area contributed by atoms with Crippen LogP contribution < -0.4 is 0 Å². The summed E-state index contributed by atoms with van der Waals surface area (Å²) in [5, 5.41) is 0. The summed E-state index contributed by atoms with van der Waals surface area (Å²) < 4.78 is 0. The van der Waals surface area contributed by atoms with Crippen LogP contribution >= 0.6 is 0 Å². The molecule has 0 aromatic rings. The van der Waals surface area contributed by atoms with Crippen LogP contribution in [0.3, 0.4) is 0 Å². The molecule has 0 amide bonds. The molecule has 0 aliphatic carbocycles. The molecule has 0 spiro atoms. The van der Waals surface area contributed by atoms with Gasteiger partial charge in [-0.15, -0.1) is 0 Å². The highest BCUT2D eigenvalue weighted by molar-refractivity contribution is 5.81. The number of rotatable bonds is 2. The van der Waals surface area contributed by atoms with Gasteiger partial charge in [-0.05, 0) is 23.8 Å². The minimum atomic E-state index is 0.631. The van der Waals surface area contributed by atoms with E-state index in [0.717, 1.165) is 6.54 Å². The SMILES string of the molecule is CC(C)C1=C(C(C)C)CCN=C1. The van der Waals surface area contributed by atoms with Crippen LogP contribution in [0.25, 0.3) is 0 Å². The molecule has 68 valence electrons. The minimum Gasteiger partial charge on any atom is -0.293 e. The molecule has 1 heteroatoms. The van der Waals surface area contributed by atoms with Crippen LogP contribution in [-0.2, 0) is 0 Å². The molecule has 1 nitrogen and oxygen atoms in total. The van der Waals surface area contributed by atoms with Gasteiger partial charge in [0, 0.05) is 12.8 Å². The zero-order chi connectivity index (χ0) is 9.14. The van der Waals surface area contributed by atoms with Crippen LogP contribution in [0.15, 0.2) is 16.1 Å². The molecule has 0 atom stereocenters. The third-order valence-electron chi connectivity index (χ3n) is 2.43. The number of dihydropyridines is 1. The topological polar surface area (TPSA) is 12.4 Å². The molecule has 12 heavy (non-hydrogen) atoms. The van der Waals surface area contributed by atoms with Crippen molar-refractivity contribution in [3.8, 4) is 0 Å². The average Bonchev–Trinajstić information content (AvgIpc) is 2.04. The van der Waals surface area contributed by atoms with E-state index < -0.39 is 0 Å². The van der Waals surface area contributed by atoms with E-state index in [1.54, 1.807) is 5.57 Å². The molecule has 1 heterocycles. The van der Waals surface area contributed by atoms with Gasteiger partial charge in [-0.25, -0.2) is 0 Å². The largest absolute Gasteiger partial charge is 0.293 e. The van der Waals surface area contributed by atoms with Crippen LogP contribution in [0, 0.1) is 11.8 Å². The maximum absolute atomic E-state index is 4.33. The average molecular weight is 165 g/mol. The van der Waals surface area contributed by atoms with E-state index in [1.807, 2.05) is 0 Å². The number of nitrogens with zero attached hydrogens (tertiary/aromatic N) is 1. The van der Waals surface area contributed by atoms with E-state index in [-0.39, 0.29) is 0 Å². The van der Waals surface area contributed by atoms with Gasteiger partial charge in [0.1, 0.15) is 0 Å². The zero-order valence-corrected chi connectivity index (χ0v) is 8.59. The summed E-state index contributed by atoms with van der Waals surface area (Å²) in [6.45, 7) is 10.0. The molecule has 0 bridgehead atoms. The maximum Gasteiger partial charge on any atom is 0.0426 e. The lowest BCUT2D eigenvalue weighted by Gasteiger charge is -2.21. The molecule has 1 rings (SSSR count). The Balaban J connectivity index is 2.92. The zero-order valence-electron chi connectivity index (χ0n) is 8.59. The molecule has 0 saturated heterocycles. The van der Waals surface area contributed by atoms with Crippen molar-refractivity contribution in [2.75, 3.05) is 6.54 Å². The summed E-state index contributed by atoms with van der Waals surface area (Å²) in [7, 11) is 0. The summed E-state index contributed by atoms with van der Waals surface area (Å²) in [5.41, 5.74) is 3.08. The van der Waals surface area contributed by atoms with Crippen molar-refractivity contribution in [3.63, 3.8) is 0 Å².